The van der Waals surface area contributed by atoms with Gasteiger partial charge in [0.25, 0.3) is 5.91 Å². The number of thiazole rings is 1. The van der Waals surface area contributed by atoms with Gasteiger partial charge in [0.1, 0.15) is 5.76 Å². The number of furan rings is 1. The van der Waals surface area contributed by atoms with E-state index in [0.29, 0.717) is 22.0 Å². The third kappa shape index (κ3) is 3.28. The highest BCUT2D eigenvalue weighted by molar-refractivity contribution is 7.22. The molecule has 0 aliphatic rings. The maximum atomic E-state index is 13.3. The fourth-order valence-electron chi connectivity index (χ4n) is 2.99. The number of nitriles is 1. The van der Waals surface area contributed by atoms with Crippen molar-refractivity contribution in [3.05, 3.63) is 82.8 Å². The second-order valence-electron chi connectivity index (χ2n) is 6.53. The Balaban J connectivity index is 1.79. The zero-order valence-corrected chi connectivity index (χ0v) is 16.3. The summed E-state index contributed by atoms with van der Waals surface area (Å²) in [6.45, 7) is 4.34. The van der Waals surface area contributed by atoms with Crippen LogP contribution in [0.15, 0.2) is 59.2 Å². The number of anilines is 1. The SMILES string of the molecule is Cc1ccc(C)c2sc(N(Cc3ccco3)C(=O)c3ccc(C#N)cc3)nc12. The van der Waals surface area contributed by atoms with E-state index in [0.717, 1.165) is 21.3 Å². The lowest BCUT2D eigenvalue weighted by atomic mass is 10.1. The maximum absolute atomic E-state index is 13.3. The van der Waals surface area contributed by atoms with Gasteiger partial charge in [-0.25, -0.2) is 4.98 Å². The lowest BCUT2D eigenvalue weighted by Crippen LogP contribution is -2.30. The first-order valence-electron chi connectivity index (χ1n) is 8.78. The summed E-state index contributed by atoms with van der Waals surface area (Å²) in [6, 6.07) is 16.4. The van der Waals surface area contributed by atoms with E-state index in [-0.39, 0.29) is 12.5 Å². The first-order chi connectivity index (χ1) is 13.6. The van der Waals surface area contributed by atoms with Gasteiger partial charge in [-0.2, -0.15) is 5.26 Å². The Hall–Kier alpha value is -3.43. The number of carbonyl (C=O) groups excluding carboxylic acids is 1. The minimum Gasteiger partial charge on any atom is -0.467 e. The number of carbonyl (C=O) groups is 1. The summed E-state index contributed by atoms with van der Waals surface area (Å²) >= 11 is 1.50. The average Bonchev–Trinajstić information content (AvgIpc) is 3.39. The number of fused-ring (bicyclic) bond motifs is 1. The lowest BCUT2D eigenvalue weighted by Gasteiger charge is -2.18. The van der Waals surface area contributed by atoms with Gasteiger partial charge >= 0.3 is 0 Å². The van der Waals surface area contributed by atoms with Crippen molar-refractivity contribution in [2.24, 2.45) is 0 Å². The lowest BCUT2D eigenvalue weighted by molar-refractivity contribution is 0.0983. The van der Waals surface area contributed by atoms with Crippen LogP contribution in [0.1, 0.15) is 32.8 Å². The second-order valence-corrected chi connectivity index (χ2v) is 7.51. The van der Waals surface area contributed by atoms with Gasteiger partial charge in [-0.15, -0.1) is 0 Å². The predicted molar refractivity (Wildman–Crippen MR) is 109 cm³/mol. The summed E-state index contributed by atoms with van der Waals surface area (Å²) < 4.78 is 6.55. The second kappa shape index (κ2) is 7.29. The highest BCUT2D eigenvalue weighted by Crippen LogP contribution is 2.34. The highest BCUT2D eigenvalue weighted by atomic mass is 32.1. The number of benzene rings is 2. The number of amides is 1. The molecule has 138 valence electrons. The number of aryl methyl sites for hydroxylation is 2. The van der Waals surface area contributed by atoms with Crippen LogP contribution in [0.3, 0.4) is 0 Å². The number of hydrogen-bond acceptors (Lipinski definition) is 5. The van der Waals surface area contributed by atoms with E-state index in [1.54, 1.807) is 41.5 Å². The zero-order valence-electron chi connectivity index (χ0n) is 15.5. The molecule has 2 aromatic heterocycles. The summed E-state index contributed by atoms with van der Waals surface area (Å²) in [7, 11) is 0. The van der Waals surface area contributed by atoms with Crippen LogP contribution < -0.4 is 4.90 Å². The Labute approximate surface area is 166 Å². The number of rotatable bonds is 4. The molecule has 5 nitrogen and oxygen atoms in total. The highest BCUT2D eigenvalue weighted by Gasteiger charge is 2.23. The van der Waals surface area contributed by atoms with E-state index in [4.69, 9.17) is 14.7 Å². The van der Waals surface area contributed by atoms with E-state index >= 15 is 0 Å². The maximum Gasteiger partial charge on any atom is 0.260 e. The van der Waals surface area contributed by atoms with Crippen LogP contribution in [0.4, 0.5) is 5.13 Å². The molecule has 4 aromatic rings. The monoisotopic (exact) mass is 387 g/mol. The molecule has 0 N–H and O–H groups in total. The van der Waals surface area contributed by atoms with Crippen molar-refractivity contribution in [3.63, 3.8) is 0 Å². The van der Waals surface area contributed by atoms with Crippen LogP contribution in [-0.4, -0.2) is 10.9 Å². The fourth-order valence-corrected chi connectivity index (χ4v) is 4.10. The number of nitrogens with zero attached hydrogens (tertiary/aromatic N) is 3. The van der Waals surface area contributed by atoms with Gasteiger partial charge in [-0.05, 0) is 61.4 Å². The smallest absolute Gasteiger partial charge is 0.260 e. The van der Waals surface area contributed by atoms with Gasteiger partial charge in [0.05, 0.1) is 34.7 Å². The largest absolute Gasteiger partial charge is 0.467 e. The molecule has 0 spiro atoms. The van der Waals surface area contributed by atoms with Crippen molar-refractivity contribution in [2.45, 2.75) is 20.4 Å². The summed E-state index contributed by atoms with van der Waals surface area (Å²) in [4.78, 5) is 19.7. The summed E-state index contributed by atoms with van der Waals surface area (Å²) in [6.07, 6.45) is 1.59. The van der Waals surface area contributed by atoms with Crippen LogP contribution in [-0.2, 0) is 6.54 Å². The zero-order chi connectivity index (χ0) is 19.7. The molecular formula is C22H17N3O2S. The van der Waals surface area contributed by atoms with Crippen LogP contribution in [0.5, 0.6) is 0 Å². The van der Waals surface area contributed by atoms with E-state index in [9.17, 15) is 4.79 Å². The van der Waals surface area contributed by atoms with Gasteiger partial charge < -0.3 is 4.42 Å². The minimum absolute atomic E-state index is 0.185. The van der Waals surface area contributed by atoms with Gasteiger partial charge in [-0.1, -0.05) is 23.5 Å². The molecule has 1 amide bonds. The number of hydrogen-bond donors (Lipinski definition) is 0. The predicted octanol–water partition coefficient (Wildman–Crippen LogP) is 5.22. The van der Waals surface area contributed by atoms with Crippen LogP contribution in [0.2, 0.25) is 0 Å². The molecule has 0 aliphatic heterocycles. The molecular weight excluding hydrogens is 370 g/mol. The van der Waals surface area contributed by atoms with Crippen LogP contribution >= 0.6 is 11.3 Å². The first kappa shape index (κ1) is 18.0. The molecule has 28 heavy (non-hydrogen) atoms. The van der Waals surface area contributed by atoms with Crippen molar-refractivity contribution in [1.29, 1.82) is 5.26 Å². The average molecular weight is 387 g/mol. The molecule has 0 atom stereocenters. The normalized spacial score (nSPS) is 10.8. The van der Waals surface area contributed by atoms with Gasteiger partial charge in [0.15, 0.2) is 5.13 Å². The van der Waals surface area contributed by atoms with Crippen molar-refractivity contribution in [3.8, 4) is 6.07 Å². The Morgan fingerprint density at radius 2 is 1.89 bits per heavy atom. The standard InChI is InChI=1S/C22H17N3O2S/c1-14-5-6-15(2)20-19(14)24-22(28-20)25(13-18-4-3-11-27-18)21(26)17-9-7-16(12-23)8-10-17/h3-11H,13H2,1-2H3. The molecule has 2 aromatic carbocycles. The Morgan fingerprint density at radius 1 is 1.14 bits per heavy atom. The van der Waals surface area contributed by atoms with E-state index < -0.39 is 0 Å². The molecule has 6 heteroatoms. The summed E-state index contributed by atoms with van der Waals surface area (Å²) in [5.74, 6) is 0.491. The van der Waals surface area contributed by atoms with Crippen molar-refractivity contribution in [1.82, 2.24) is 4.98 Å². The van der Waals surface area contributed by atoms with Crippen molar-refractivity contribution >= 4 is 32.6 Å². The molecule has 0 unspecified atom stereocenters. The molecule has 0 saturated carbocycles. The minimum atomic E-state index is -0.185. The van der Waals surface area contributed by atoms with E-state index in [1.807, 2.05) is 26.0 Å². The van der Waals surface area contributed by atoms with Crippen LogP contribution in [0, 0.1) is 25.2 Å². The Bertz CT molecular complexity index is 1150. The molecule has 0 saturated heterocycles. The topological polar surface area (TPSA) is 70.1 Å². The molecule has 0 bridgehead atoms. The summed E-state index contributed by atoms with van der Waals surface area (Å²) in [5.41, 5.74) is 4.13. The van der Waals surface area contributed by atoms with Crippen molar-refractivity contribution in [2.75, 3.05) is 4.90 Å². The Kier molecular flexibility index (Phi) is 4.68. The van der Waals surface area contributed by atoms with Crippen LogP contribution in [0.25, 0.3) is 10.2 Å². The quantitative estimate of drug-likeness (QED) is 0.481. The molecule has 0 fully saturated rings. The summed E-state index contributed by atoms with van der Waals surface area (Å²) in [5, 5.41) is 9.62. The first-order valence-corrected chi connectivity index (χ1v) is 9.59. The third-order valence-electron chi connectivity index (χ3n) is 4.56. The fraction of sp³-hybridized carbons (Fsp3) is 0.136. The molecule has 2 heterocycles. The third-order valence-corrected chi connectivity index (χ3v) is 5.78. The van der Waals surface area contributed by atoms with Gasteiger partial charge in [-0.3, -0.25) is 9.69 Å². The van der Waals surface area contributed by atoms with Gasteiger partial charge in [0.2, 0.25) is 0 Å². The number of aromatic nitrogens is 1. The van der Waals surface area contributed by atoms with E-state index in [2.05, 4.69) is 12.1 Å². The molecule has 0 aliphatic carbocycles. The van der Waals surface area contributed by atoms with E-state index in [1.165, 1.54) is 11.3 Å². The Morgan fingerprint density at radius 3 is 2.54 bits per heavy atom. The molecule has 4 rings (SSSR count). The van der Waals surface area contributed by atoms with Crippen molar-refractivity contribution < 1.29 is 9.21 Å². The molecule has 0 radical (unpaired) electrons. The van der Waals surface area contributed by atoms with Gasteiger partial charge in [0, 0.05) is 5.56 Å².